The lowest BCUT2D eigenvalue weighted by Gasteiger charge is -2.57. The molecule has 0 radical (unpaired) electrons. The Kier molecular flexibility index (Phi) is 3.00. The SMILES string of the molecule is C[C@@]12CC=C[C@H]1[C@@H]1CCC3=CC(C=O)CC[C@]3(C)[C@H]1CC2. The van der Waals surface area contributed by atoms with E-state index in [0.29, 0.717) is 10.8 Å². The second-order valence-corrected chi connectivity index (χ2v) is 8.61. The van der Waals surface area contributed by atoms with Gasteiger partial charge >= 0.3 is 0 Å². The zero-order valence-electron chi connectivity index (χ0n) is 13.5. The van der Waals surface area contributed by atoms with Crippen molar-refractivity contribution in [1.29, 1.82) is 0 Å². The average molecular weight is 284 g/mol. The summed E-state index contributed by atoms with van der Waals surface area (Å²) in [6, 6.07) is 0. The first-order valence-corrected chi connectivity index (χ1v) is 8.90. The smallest absolute Gasteiger partial charge is 0.126 e. The van der Waals surface area contributed by atoms with Crippen LogP contribution in [0, 0.1) is 34.5 Å². The molecule has 1 heteroatoms. The lowest BCUT2D eigenvalue weighted by molar-refractivity contribution is -0.110. The monoisotopic (exact) mass is 284 g/mol. The Balaban J connectivity index is 1.68. The lowest BCUT2D eigenvalue weighted by atomic mass is 9.47. The van der Waals surface area contributed by atoms with Gasteiger partial charge < -0.3 is 4.79 Å². The normalized spacial score (nSPS) is 51.6. The van der Waals surface area contributed by atoms with Crippen LogP contribution in [0.5, 0.6) is 0 Å². The quantitative estimate of drug-likeness (QED) is 0.493. The summed E-state index contributed by atoms with van der Waals surface area (Å²) < 4.78 is 0. The number of allylic oxidation sites excluding steroid dienone is 4. The Morgan fingerprint density at radius 1 is 1.19 bits per heavy atom. The molecule has 6 atom stereocenters. The van der Waals surface area contributed by atoms with Gasteiger partial charge in [0.1, 0.15) is 6.29 Å². The highest BCUT2D eigenvalue weighted by molar-refractivity contribution is 5.58. The van der Waals surface area contributed by atoms with Gasteiger partial charge in [-0.05, 0) is 73.5 Å². The van der Waals surface area contributed by atoms with Crippen molar-refractivity contribution >= 4 is 6.29 Å². The van der Waals surface area contributed by atoms with Crippen molar-refractivity contribution in [2.24, 2.45) is 34.5 Å². The maximum absolute atomic E-state index is 11.2. The summed E-state index contributed by atoms with van der Waals surface area (Å²) in [4.78, 5) is 11.2. The van der Waals surface area contributed by atoms with Crippen molar-refractivity contribution in [1.82, 2.24) is 0 Å². The fourth-order valence-electron chi connectivity index (χ4n) is 6.28. The van der Waals surface area contributed by atoms with Crippen LogP contribution >= 0.6 is 0 Å². The first kappa shape index (κ1) is 13.8. The molecule has 0 N–H and O–H groups in total. The summed E-state index contributed by atoms with van der Waals surface area (Å²) in [5.74, 6) is 2.76. The third-order valence-electron chi connectivity index (χ3n) is 7.62. The molecule has 0 amide bonds. The van der Waals surface area contributed by atoms with Gasteiger partial charge in [0.15, 0.2) is 0 Å². The Labute approximate surface area is 128 Å². The Hall–Kier alpha value is -0.850. The van der Waals surface area contributed by atoms with Crippen LogP contribution in [0.25, 0.3) is 0 Å². The van der Waals surface area contributed by atoms with Gasteiger partial charge in [0.2, 0.25) is 0 Å². The van der Waals surface area contributed by atoms with E-state index in [0.717, 1.165) is 30.5 Å². The second-order valence-electron chi connectivity index (χ2n) is 8.61. The van der Waals surface area contributed by atoms with E-state index in [1.165, 1.54) is 38.5 Å². The predicted octanol–water partition coefficient (Wildman–Crippen LogP) is 4.93. The van der Waals surface area contributed by atoms with Crippen LogP contribution in [-0.2, 0) is 4.79 Å². The van der Waals surface area contributed by atoms with E-state index in [4.69, 9.17) is 0 Å². The number of rotatable bonds is 1. The minimum atomic E-state index is 0.199. The van der Waals surface area contributed by atoms with Crippen LogP contribution in [0.1, 0.15) is 58.8 Å². The van der Waals surface area contributed by atoms with E-state index in [9.17, 15) is 4.79 Å². The third kappa shape index (κ3) is 1.85. The Morgan fingerprint density at radius 2 is 2.05 bits per heavy atom. The number of carbonyl (C=O) groups is 1. The van der Waals surface area contributed by atoms with E-state index < -0.39 is 0 Å². The molecule has 0 spiro atoms. The minimum absolute atomic E-state index is 0.199. The molecule has 21 heavy (non-hydrogen) atoms. The molecule has 0 aromatic heterocycles. The number of carbonyl (C=O) groups excluding carboxylic acids is 1. The predicted molar refractivity (Wildman–Crippen MR) is 85.8 cm³/mol. The molecule has 0 aliphatic heterocycles. The summed E-state index contributed by atoms with van der Waals surface area (Å²) in [5.41, 5.74) is 2.57. The highest BCUT2D eigenvalue weighted by Crippen LogP contribution is 2.64. The molecule has 0 saturated heterocycles. The van der Waals surface area contributed by atoms with E-state index in [1.807, 2.05) is 0 Å². The summed E-state index contributed by atoms with van der Waals surface area (Å²) in [6.45, 7) is 5.03. The number of hydrogen-bond acceptors (Lipinski definition) is 1. The Morgan fingerprint density at radius 3 is 2.86 bits per heavy atom. The van der Waals surface area contributed by atoms with Crippen LogP contribution < -0.4 is 0 Å². The maximum atomic E-state index is 11.2. The van der Waals surface area contributed by atoms with Crippen LogP contribution in [0.4, 0.5) is 0 Å². The molecule has 4 aliphatic carbocycles. The van der Waals surface area contributed by atoms with Gasteiger partial charge in [-0.1, -0.05) is 37.6 Å². The van der Waals surface area contributed by atoms with E-state index >= 15 is 0 Å². The molecule has 4 aliphatic rings. The molecule has 0 heterocycles. The highest BCUT2D eigenvalue weighted by atomic mass is 16.1. The lowest BCUT2D eigenvalue weighted by Crippen LogP contribution is -2.49. The molecule has 2 saturated carbocycles. The van der Waals surface area contributed by atoms with Crippen LogP contribution in [0.2, 0.25) is 0 Å². The fourth-order valence-corrected chi connectivity index (χ4v) is 6.28. The summed E-state index contributed by atoms with van der Waals surface area (Å²) in [5, 5.41) is 0. The molecule has 1 unspecified atom stereocenters. The molecule has 4 rings (SSSR count). The van der Waals surface area contributed by atoms with Crippen molar-refractivity contribution in [3.05, 3.63) is 23.8 Å². The maximum Gasteiger partial charge on any atom is 0.126 e. The Bertz CT molecular complexity index is 516. The van der Waals surface area contributed by atoms with E-state index in [1.54, 1.807) is 5.57 Å². The van der Waals surface area contributed by atoms with Gasteiger partial charge in [-0.15, -0.1) is 0 Å². The van der Waals surface area contributed by atoms with Crippen LogP contribution in [0.15, 0.2) is 23.8 Å². The zero-order chi connectivity index (χ0) is 14.7. The largest absolute Gasteiger partial charge is 0.303 e. The fraction of sp³-hybridized carbons (Fsp3) is 0.750. The number of fused-ring (bicyclic) bond motifs is 5. The molecule has 1 nitrogen and oxygen atoms in total. The molecule has 0 aromatic rings. The summed E-state index contributed by atoms with van der Waals surface area (Å²) >= 11 is 0. The molecule has 0 aromatic carbocycles. The molecular weight excluding hydrogens is 256 g/mol. The number of aldehydes is 1. The van der Waals surface area contributed by atoms with Crippen molar-refractivity contribution in [3.63, 3.8) is 0 Å². The van der Waals surface area contributed by atoms with Gasteiger partial charge in [0, 0.05) is 5.92 Å². The minimum Gasteiger partial charge on any atom is -0.303 e. The summed E-state index contributed by atoms with van der Waals surface area (Å²) in [7, 11) is 0. The molecule has 0 bridgehead atoms. The second kappa shape index (κ2) is 4.57. The van der Waals surface area contributed by atoms with Gasteiger partial charge in [-0.2, -0.15) is 0 Å². The van der Waals surface area contributed by atoms with Crippen LogP contribution in [-0.4, -0.2) is 6.29 Å². The summed E-state index contributed by atoms with van der Waals surface area (Å²) in [6.07, 6.45) is 17.5. The van der Waals surface area contributed by atoms with Crippen molar-refractivity contribution in [3.8, 4) is 0 Å². The third-order valence-corrected chi connectivity index (χ3v) is 7.62. The van der Waals surface area contributed by atoms with Crippen LogP contribution in [0.3, 0.4) is 0 Å². The first-order chi connectivity index (χ1) is 10.1. The highest BCUT2D eigenvalue weighted by Gasteiger charge is 2.54. The average Bonchev–Trinajstić information content (AvgIpc) is 2.88. The van der Waals surface area contributed by atoms with Gasteiger partial charge in [-0.3, -0.25) is 0 Å². The van der Waals surface area contributed by atoms with Crippen molar-refractivity contribution in [2.45, 2.75) is 58.8 Å². The number of hydrogen-bond donors (Lipinski definition) is 0. The first-order valence-electron chi connectivity index (χ1n) is 8.90. The van der Waals surface area contributed by atoms with Gasteiger partial charge in [-0.25, -0.2) is 0 Å². The van der Waals surface area contributed by atoms with E-state index in [-0.39, 0.29) is 5.92 Å². The molecular formula is C20H28O. The van der Waals surface area contributed by atoms with Crippen molar-refractivity contribution < 1.29 is 4.79 Å². The van der Waals surface area contributed by atoms with Gasteiger partial charge in [0.25, 0.3) is 0 Å². The van der Waals surface area contributed by atoms with Crippen molar-refractivity contribution in [2.75, 3.05) is 0 Å². The van der Waals surface area contributed by atoms with E-state index in [2.05, 4.69) is 32.1 Å². The standard InChI is InChI=1S/C20H28O/c1-19-9-3-4-17(19)16-6-5-15-12-14(13-21)7-11-20(15,2)18(16)8-10-19/h3-4,12-14,16-18H,5-11H2,1-2H3/t14?,16-,17-,18-,19-,20-/m0/s1. The molecule has 114 valence electrons. The van der Waals surface area contributed by atoms with Gasteiger partial charge in [0.05, 0.1) is 0 Å². The zero-order valence-corrected chi connectivity index (χ0v) is 13.5. The molecule has 2 fully saturated rings. The topological polar surface area (TPSA) is 17.1 Å².